The van der Waals surface area contributed by atoms with Gasteiger partial charge in [-0.25, -0.2) is 0 Å². The van der Waals surface area contributed by atoms with E-state index in [1.807, 2.05) is 40.0 Å². The van der Waals surface area contributed by atoms with Crippen molar-refractivity contribution in [2.45, 2.75) is 47.0 Å². The minimum Gasteiger partial charge on any atom is -0.283 e. The van der Waals surface area contributed by atoms with Crippen molar-refractivity contribution >= 4 is 17.6 Å². The molecule has 0 spiro atoms. The summed E-state index contributed by atoms with van der Waals surface area (Å²) in [4.78, 5) is 0. The molecule has 134 valence electrons. The molecule has 0 saturated heterocycles. The Kier molecular flexibility index (Phi) is 9.23. The quantitative estimate of drug-likeness (QED) is 0.267. The Morgan fingerprint density at radius 1 is 1.12 bits per heavy atom. The third-order valence-electron chi connectivity index (χ3n) is 4.06. The second-order valence-corrected chi connectivity index (χ2v) is 5.90. The summed E-state index contributed by atoms with van der Waals surface area (Å²) in [6, 6.07) is 8.30. The van der Waals surface area contributed by atoms with E-state index in [0.29, 0.717) is 5.84 Å². The Bertz CT molecular complexity index is 661. The number of hydrogen-bond acceptors (Lipinski definition) is 2. The molecule has 0 aliphatic heterocycles. The third kappa shape index (κ3) is 6.54. The summed E-state index contributed by atoms with van der Waals surface area (Å²) in [5.74, 6) is 0.466. The zero-order valence-electron chi connectivity index (χ0n) is 16.2. The minimum atomic E-state index is 0.466. The molecule has 0 unspecified atom stereocenters. The first-order chi connectivity index (χ1) is 12.1. The van der Waals surface area contributed by atoms with E-state index in [9.17, 15) is 0 Å². The van der Waals surface area contributed by atoms with Crippen molar-refractivity contribution in [3.05, 3.63) is 65.3 Å². The molecule has 0 heterocycles. The number of nitrogens with one attached hydrogen (secondary N) is 1. The lowest BCUT2D eigenvalue weighted by Crippen LogP contribution is -2.22. The number of benzene rings is 1. The van der Waals surface area contributed by atoms with Crippen LogP contribution < -0.4 is 0 Å². The number of rotatable bonds is 8. The summed E-state index contributed by atoms with van der Waals surface area (Å²) in [6.07, 6.45) is 13.2. The molecule has 1 N–H and O–H groups in total. The number of amidine groups is 1. The Balaban J connectivity index is 2.79. The topological polar surface area (TPSA) is 39.5 Å². The van der Waals surface area contributed by atoms with Crippen LogP contribution in [0.2, 0.25) is 0 Å². The Morgan fingerprint density at radius 2 is 1.80 bits per heavy atom. The van der Waals surface area contributed by atoms with Crippen LogP contribution in [0.15, 0.2) is 59.2 Å². The largest absolute Gasteiger partial charge is 0.283 e. The van der Waals surface area contributed by atoms with Crippen molar-refractivity contribution in [1.29, 1.82) is 5.41 Å². The SMILES string of the molecule is C/C=C\C(=C/C)c1ccc(/C=N/N(C)C(=N)/C(=C/C)CCCC)cc1. The molecule has 0 radical (unpaired) electrons. The summed E-state index contributed by atoms with van der Waals surface area (Å²) in [6.45, 7) is 8.22. The second-order valence-electron chi connectivity index (χ2n) is 5.90. The fraction of sp³-hybridized carbons (Fsp3) is 0.364. The van der Waals surface area contributed by atoms with Crippen molar-refractivity contribution < 1.29 is 0 Å². The maximum absolute atomic E-state index is 8.29. The molecule has 0 fully saturated rings. The Labute approximate surface area is 153 Å². The number of hydrazone groups is 1. The average molecular weight is 338 g/mol. The van der Waals surface area contributed by atoms with E-state index in [0.717, 1.165) is 30.4 Å². The lowest BCUT2D eigenvalue weighted by molar-refractivity contribution is 0.539. The van der Waals surface area contributed by atoms with Crippen LogP contribution in [-0.4, -0.2) is 24.1 Å². The first-order valence-electron chi connectivity index (χ1n) is 8.98. The van der Waals surface area contributed by atoms with E-state index < -0.39 is 0 Å². The van der Waals surface area contributed by atoms with Crippen LogP contribution in [0.25, 0.3) is 5.57 Å². The molecule has 3 heteroatoms. The van der Waals surface area contributed by atoms with Crippen LogP contribution in [0.1, 0.15) is 58.1 Å². The summed E-state index contributed by atoms with van der Waals surface area (Å²) in [7, 11) is 1.83. The number of likely N-dealkylation sites (N-methyl/N-ethyl adjacent to an activating group) is 1. The number of unbranched alkanes of at least 4 members (excludes halogenated alkanes) is 1. The van der Waals surface area contributed by atoms with Gasteiger partial charge < -0.3 is 0 Å². The molecular weight excluding hydrogens is 306 g/mol. The lowest BCUT2D eigenvalue weighted by Gasteiger charge is -2.16. The van der Waals surface area contributed by atoms with E-state index in [1.165, 1.54) is 11.1 Å². The van der Waals surface area contributed by atoms with Crippen molar-refractivity contribution in [3.8, 4) is 0 Å². The van der Waals surface area contributed by atoms with Crippen LogP contribution in [0, 0.1) is 5.41 Å². The molecule has 1 aromatic rings. The fourth-order valence-corrected chi connectivity index (χ4v) is 2.49. The normalized spacial score (nSPS) is 13.0. The van der Waals surface area contributed by atoms with Crippen LogP contribution in [-0.2, 0) is 0 Å². The molecule has 0 bridgehead atoms. The van der Waals surface area contributed by atoms with Gasteiger partial charge in [-0.3, -0.25) is 10.4 Å². The van der Waals surface area contributed by atoms with Gasteiger partial charge in [-0.05, 0) is 55.9 Å². The van der Waals surface area contributed by atoms with E-state index >= 15 is 0 Å². The molecule has 0 saturated carbocycles. The highest BCUT2D eigenvalue weighted by molar-refractivity contribution is 5.96. The standard InChI is InChI=1S/C22H31N3/c1-6-10-12-20(9-4)22(23)25(5)24-17-18-13-15-21(16-14-18)19(8-3)11-7-2/h7-9,11,13-17,23H,6,10,12H2,1-5H3/b11-7-,19-8+,20-9+,23-22?,24-17+. The Hall–Kier alpha value is -2.42. The Morgan fingerprint density at radius 3 is 2.32 bits per heavy atom. The van der Waals surface area contributed by atoms with Gasteiger partial charge in [-0.15, -0.1) is 0 Å². The highest BCUT2D eigenvalue weighted by Crippen LogP contribution is 2.16. The maximum Gasteiger partial charge on any atom is 0.143 e. The van der Waals surface area contributed by atoms with E-state index in [-0.39, 0.29) is 0 Å². The summed E-state index contributed by atoms with van der Waals surface area (Å²) in [5, 5.41) is 14.3. The van der Waals surface area contributed by atoms with Gasteiger partial charge in [0.15, 0.2) is 0 Å². The maximum atomic E-state index is 8.29. The number of hydrogen-bond donors (Lipinski definition) is 1. The second kappa shape index (κ2) is 11.2. The van der Waals surface area contributed by atoms with Crippen LogP contribution in [0.3, 0.4) is 0 Å². The smallest absolute Gasteiger partial charge is 0.143 e. The minimum absolute atomic E-state index is 0.466. The molecule has 1 aromatic carbocycles. The van der Waals surface area contributed by atoms with Gasteiger partial charge in [0.25, 0.3) is 0 Å². The molecular formula is C22H31N3. The van der Waals surface area contributed by atoms with Gasteiger partial charge in [0.05, 0.1) is 6.21 Å². The van der Waals surface area contributed by atoms with Crippen LogP contribution in [0.4, 0.5) is 0 Å². The molecule has 3 nitrogen and oxygen atoms in total. The molecule has 1 rings (SSSR count). The van der Waals surface area contributed by atoms with Crippen LogP contribution in [0.5, 0.6) is 0 Å². The highest BCUT2D eigenvalue weighted by atomic mass is 15.4. The average Bonchev–Trinajstić information content (AvgIpc) is 2.65. The van der Waals surface area contributed by atoms with E-state index in [4.69, 9.17) is 5.41 Å². The lowest BCUT2D eigenvalue weighted by atomic mass is 10.0. The van der Waals surface area contributed by atoms with Crippen LogP contribution >= 0.6 is 0 Å². The van der Waals surface area contributed by atoms with Crippen molar-refractivity contribution in [2.24, 2.45) is 5.10 Å². The summed E-state index contributed by atoms with van der Waals surface area (Å²) >= 11 is 0. The van der Waals surface area contributed by atoms with Gasteiger partial charge in [0, 0.05) is 7.05 Å². The fourth-order valence-electron chi connectivity index (χ4n) is 2.49. The van der Waals surface area contributed by atoms with Gasteiger partial charge in [0.2, 0.25) is 0 Å². The molecule has 25 heavy (non-hydrogen) atoms. The zero-order chi connectivity index (χ0) is 18.7. The van der Waals surface area contributed by atoms with Crippen molar-refractivity contribution in [1.82, 2.24) is 5.01 Å². The highest BCUT2D eigenvalue weighted by Gasteiger charge is 2.08. The molecule has 0 amide bonds. The van der Waals surface area contributed by atoms with Gasteiger partial charge >= 0.3 is 0 Å². The molecule has 0 aliphatic rings. The monoisotopic (exact) mass is 337 g/mol. The van der Waals surface area contributed by atoms with Gasteiger partial charge in [-0.2, -0.15) is 5.10 Å². The molecule has 0 aliphatic carbocycles. The zero-order valence-corrected chi connectivity index (χ0v) is 16.2. The van der Waals surface area contributed by atoms with Gasteiger partial charge in [-0.1, -0.05) is 61.9 Å². The van der Waals surface area contributed by atoms with Gasteiger partial charge in [0.1, 0.15) is 5.84 Å². The first kappa shape index (κ1) is 20.6. The number of allylic oxidation sites excluding steroid dienone is 5. The van der Waals surface area contributed by atoms with E-state index in [2.05, 4.69) is 48.4 Å². The predicted molar refractivity (Wildman–Crippen MR) is 111 cm³/mol. The van der Waals surface area contributed by atoms with Crippen molar-refractivity contribution in [2.75, 3.05) is 7.05 Å². The predicted octanol–water partition coefficient (Wildman–Crippen LogP) is 6.05. The molecule has 0 aromatic heterocycles. The third-order valence-corrected chi connectivity index (χ3v) is 4.06. The number of nitrogens with zero attached hydrogens (tertiary/aromatic N) is 2. The van der Waals surface area contributed by atoms with E-state index in [1.54, 1.807) is 11.2 Å². The molecule has 0 atom stereocenters. The first-order valence-corrected chi connectivity index (χ1v) is 8.98. The summed E-state index contributed by atoms with van der Waals surface area (Å²) in [5.41, 5.74) is 4.46. The van der Waals surface area contributed by atoms with Crippen molar-refractivity contribution in [3.63, 3.8) is 0 Å². The summed E-state index contributed by atoms with van der Waals surface area (Å²) < 4.78 is 0.